The maximum atomic E-state index is 14.0. The fourth-order valence-corrected chi connectivity index (χ4v) is 5.12. The molecule has 0 radical (unpaired) electrons. The van der Waals surface area contributed by atoms with Crippen LogP contribution >= 0.6 is 15.9 Å². The summed E-state index contributed by atoms with van der Waals surface area (Å²) in [6, 6.07) is 24.7. The summed E-state index contributed by atoms with van der Waals surface area (Å²) in [7, 11) is -3.80. The molecule has 0 fully saturated rings. The van der Waals surface area contributed by atoms with Gasteiger partial charge in [0, 0.05) is 23.0 Å². The molecule has 1 unspecified atom stereocenters. The highest BCUT2D eigenvalue weighted by Crippen LogP contribution is 2.22. The third-order valence-electron chi connectivity index (χ3n) is 5.76. The van der Waals surface area contributed by atoms with Gasteiger partial charge < -0.3 is 10.2 Å². The van der Waals surface area contributed by atoms with Crippen LogP contribution in [0.1, 0.15) is 31.9 Å². The fourth-order valence-electron chi connectivity index (χ4n) is 4.01. The highest BCUT2D eigenvalue weighted by Gasteiger charge is 2.34. The van der Waals surface area contributed by atoms with E-state index in [1.807, 2.05) is 81.4 Å². The molecular formula is C29H34BrN3O4S. The smallest absolute Gasteiger partial charge is 0.244 e. The molecule has 9 heteroatoms. The molecule has 38 heavy (non-hydrogen) atoms. The minimum absolute atomic E-state index is 0.146. The molecule has 0 aliphatic rings. The van der Waals surface area contributed by atoms with Gasteiger partial charge in [-0.1, -0.05) is 76.6 Å². The van der Waals surface area contributed by atoms with Gasteiger partial charge in [0.05, 0.1) is 11.9 Å². The zero-order chi connectivity index (χ0) is 27.9. The highest BCUT2D eigenvalue weighted by atomic mass is 79.9. The Bertz CT molecular complexity index is 1330. The van der Waals surface area contributed by atoms with E-state index in [9.17, 15) is 18.0 Å². The monoisotopic (exact) mass is 599 g/mol. The van der Waals surface area contributed by atoms with Crippen molar-refractivity contribution in [1.29, 1.82) is 0 Å². The Labute approximate surface area is 234 Å². The Balaban J connectivity index is 2.04. The summed E-state index contributed by atoms with van der Waals surface area (Å²) in [5, 5.41) is 3.01. The predicted octanol–water partition coefficient (Wildman–Crippen LogP) is 4.77. The molecular weight excluding hydrogens is 566 g/mol. The van der Waals surface area contributed by atoms with E-state index < -0.39 is 34.1 Å². The quantitative estimate of drug-likeness (QED) is 0.364. The van der Waals surface area contributed by atoms with Crippen LogP contribution in [0.3, 0.4) is 0 Å². The molecule has 0 saturated carbocycles. The van der Waals surface area contributed by atoms with Gasteiger partial charge in [0.15, 0.2) is 0 Å². The van der Waals surface area contributed by atoms with Crippen LogP contribution in [0.25, 0.3) is 0 Å². The average molecular weight is 601 g/mol. The average Bonchev–Trinajstić information content (AvgIpc) is 2.84. The van der Waals surface area contributed by atoms with Crippen molar-refractivity contribution in [2.75, 3.05) is 17.1 Å². The standard InChI is InChI=1S/C29H34BrN3O4S/c1-29(2,3)31-28(35)26(19-22-11-7-5-8-12-22)32(20-23-13-9-6-10-14-23)27(34)21-33(38(4,36)37)25-17-15-24(30)16-18-25/h5-18,26H,19-21H2,1-4H3,(H,31,35). The SMILES string of the molecule is CC(C)(C)NC(=O)C(Cc1ccccc1)N(Cc1ccccc1)C(=O)CN(c1ccc(Br)cc1)S(C)(=O)=O. The predicted molar refractivity (Wildman–Crippen MR) is 155 cm³/mol. The van der Waals surface area contributed by atoms with Crippen LogP contribution in [-0.4, -0.2) is 49.5 Å². The van der Waals surface area contributed by atoms with Crippen molar-refractivity contribution in [3.05, 3.63) is 101 Å². The Morgan fingerprint density at radius 2 is 1.39 bits per heavy atom. The zero-order valence-electron chi connectivity index (χ0n) is 22.1. The van der Waals surface area contributed by atoms with E-state index >= 15 is 0 Å². The van der Waals surface area contributed by atoms with Gasteiger partial charge in [-0.05, 0) is 56.2 Å². The van der Waals surface area contributed by atoms with Crippen LogP contribution < -0.4 is 9.62 Å². The van der Waals surface area contributed by atoms with E-state index in [0.29, 0.717) is 5.69 Å². The van der Waals surface area contributed by atoms with E-state index in [2.05, 4.69) is 21.2 Å². The summed E-state index contributed by atoms with van der Waals surface area (Å²) in [6.45, 7) is 5.35. The van der Waals surface area contributed by atoms with Gasteiger partial charge in [0.2, 0.25) is 21.8 Å². The zero-order valence-corrected chi connectivity index (χ0v) is 24.5. The van der Waals surface area contributed by atoms with E-state index in [1.54, 1.807) is 24.3 Å². The summed E-state index contributed by atoms with van der Waals surface area (Å²) < 4.78 is 27.4. The number of benzene rings is 3. The lowest BCUT2D eigenvalue weighted by atomic mass is 10.0. The second kappa shape index (κ2) is 12.6. The molecule has 3 aromatic carbocycles. The topological polar surface area (TPSA) is 86.8 Å². The van der Waals surface area contributed by atoms with Crippen LogP contribution in [0.2, 0.25) is 0 Å². The summed E-state index contributed by atoms with van der Waals surface area (Å²) >= 11 is 3.36. The minimum atomic E-state index is -3.80. The summed E-state index contributed by atoms with van der Waals surface area (Å²) in [5.41, 5.74) is 1.56. The number of carbonyl (C=O) groups excluding carboxylic acids is 2. The van der Waals surface area contributed by atoms with Gasteiger partial charge in [0.25, 0.3) is 0 Å². The third kappa shape index (κ3) is 8.70. The second-order valence-electron chi connectivity index (χ2n) is 10.2. The van der Waals surface area contributed by atoms with E-state index in [1.165, 1.54) is 4.90 Å². The number of halogens is 1. The van der Waals surface area contributed by atoms with Crippen molar-refractivity contribution in [3.8, 4) is 0 Å². The molecule has 3 rings (SSSR count). The largest absolute Gasteiger partial charge is 0.350 e. The molecule has 2 amide bonds. The molecule has 0 aromatic heterocycles. The summed E-state index contributed by atoms with van der Waals surface area (Å²) in [6.07, 6.45) is 1.34. The molecule has 1 N–H and O–H groups in total. The molecule has 0 aliphatic heterocycles. The molecule has 7 nitrogen and oxygen atoms in total. The van der Waals surface area contributed by atoms with Crippen LogP contribution in [0, 0.1) is 0 Å². The number of hydrogen-bond donors (Lipinski definition) is 1. The van der Waals surface area contributed by atoms with Crippen molar-refractivity contribution in [3.63, 3.8) is 0 Å². The number of rotatable bonds is 10. The molecule has 202 valence electrons. The van der Waals surface area contributed by atoms with E-state index in [-0.39, 0.29) is 18.9 Å². The van der Waals surface area contributed by atoms with E-state index in [0.717, 1.165) is 26.2 Å². The van der Waals surface area contributed by atoms with Crippen molar-refractivity contribution in [2.24, 2.45) is 0 Å². The van der Waals surface area contributed by atoms with Gasteiger partial charge in [-0.15, -0.1) is 0 Å². The number of nitrogens with zero attached hydrogens (tertiary/aromatic N) is 2. The molecule has 0 heterocycles. The summed E-state index contributed by atoms with van der Waals surface area (Å²) in [5.74, 6) is -0.785. The number of carbonyl (C=O) groups is 2. The highest BCUT2D eigenvalue weighted by molar-refractivity contribution is 9.10. The lowest BCUT2D eigenvalue weighted by Gasteiger charge is -2.35. The van der Waals surface area contributed by atoms with Gasteiger partial charge in [-0.3, -0.25) is 13.9 Å². The van der Waals surface area contributed by atoms with Crippen molar-refractivity contribution < 1.29 is 18.0 Å². The molecule has 0 spiro atoms. The lowest BCUT2D eigenvalue weighted by Crippen LogP contribution is -2.56. The molecule has 0 bridgehead atoms. The Morgan fingerprint density at radius 3 is 1.89 bits per heavy atom. The molecule has 0 aliphatic carbocycles. The first kappa shape index (κ1) is 29.4. The van der Waals surface area contributed by atoms with Gasteiger partial charge in [0.1, 0.15) is 12.6 Å². The maximum Gasteiger partial charge on any atom is 0.244 e. The Hall–Kier alpha value is -3.17. The minimum Gasteiger partial charge on any atom is -0.350 e. The lowest BCUT2D eigenvalue weighted by molar-refractivity contribution is -0.140. The normalized spacial score (nSPS) is 12.4. The van der Waals surface area contributed by atoms with Crippen LogP contribution in [-0.2, 0) is 32.6 Å². The Kier molecular flexibility index (Phi) is 9.73. The van der Waals surface area contributed by atoms with Crippen molar-refractivity contribution >= 4 is 43.5 Å². The molecule has 0 saturated heterocycles. The van der Waals surface area contributed by atoms with Crippen molar-refractivity contribution in [1.82, 2.24) is 10.2 Å². The van der Waals surface area contributed by atoms with Crippen LogP contribution in [0.4, 0.5) is 5.69 Å². The third-order valence-corrected chi connectivity index (χ3v) is 7.43. The van der Waals surface area contributed by atoms with Gasteiger partial charge in [-0.25, -0.2) is 8.42 Å². The summed E-state index contributed by atoms with van der Waals surface area (Å²) in [4.78, 5) is 29.1. The first-order chi connectivity index (χ1) is 17.8. The van der Waals surface area contributed by atoms with Crippen molar-refractivity contribution in [2.45, 2.75) is 45.3 Å². The van der Waals surface area contributed by atoms with Crippen LogP contribution in [0.15, 0.2) is 89.4 Å². The van der Waals surface area contributed by atoms with Crippen LogP contribution in [0.5, 0.6) is 0 Å². The second-order valence-corrected chi connectivity index (χ2v) is 13.0. The number of amides is 2. The van der Waals surface area contributed by atoms with Gasteiger partial charge >= 0.3 is 0 Å². The molecule has 1 atom stereocenters. The fraction of sp³-hybridized carbons (Fsp3) is 0.310. The molecule has 3 aromatic rings. The number of anilines is 1. The first-order valence-electron chi connectivity index (χ1n) is 12.3. The first-order valence-corrected chi connectivity index (χ1v) is 14.9. The van der Waals surface area contributed by atoms with E-state index in [4.69, 9.17) is 0 Å². The number of nitrogens with one attached hydrogen (secondary N) is 1. The number of hydrogen-bond acceptors (Lipinski definition) is 4. The maximum absolute atomic E-state index is 14.0. The Morgan fingerprint density at radius 1 is 0.868 bits per heavy atom. The number of sulfonamides is 1. The van der Waals surface area contributed by atoms with Gasteiger partial charge in [-0.2, -0.15) is 0 Å².